The normalized spacial score (nSPS) is 10.0. The lowest BCUT2D eigenvalue weighted by molar-refractivity contribution is 0.307. The maximum Gasteiger partial charge on any atom is 0.119 e. The van der Waals surface area contributed by atoms with E-state index >= 15 is 0 Å². The molecule has 2 rings (SSSR count). The fourth-order valence-corrected chi connectivity index (χ4v) is 1.86. The van der Waals surface area contributed by atoms with Crippen molar-refractivity contribution in [1.29, 1.82) is 0 Å². The number of benzene rings is 1. The number of hydrogen-bond donors (Lipinski definition) is 1. The Kier molecular flexibility index (Phi) is 2.70. The van der Waals surface area contributed by atoms with E-state index < -0.39 is 0 Å². The van der Waals surface area contributed by atoms with Crippen LogP contribution in [-0.2, 0) is 6.61 Å². The van der Waals surface area contributed by atoms with E-state index in [2.05, 4.69) is 0 Å². The zero-order valence-corrected chi connectivity index (χ0v) is 8.46. The predicted molar refractivity (Wildman–Crippen MR) is 59.5 cm³/mol. The van der Waals surface area contributed by atoms with E-state index in [1.165, 1.54) is 0 Å². The van der Waals surface area contributed by atoms with Crippen LogP contribution < -0.4 is 10.5 Å². The van der Waals surface area contributed by atoms with Gasteiger partial charge in [0.1, 0.15) is 12.4 Å². The Morgan fingerprint density at radius 2 is 1.93 bits per heavy atom. The second-order valence-electron chi connectivity index (χ2n) is 2.95. The van der Waals surface area contributed by atoms with Gasteiger partial charge in [0.15, 0.2) is 0 Å². The maximum absolute atomic E-state index is 5.74. The Labute approximate surface area is 86.9 Å². The zero-order valence-electron chi connectivity index (χ0n) is 7.64. The van der Waals surface area contributed by atoms with Crippen molar-refractivity contribution >= 4 is 17.0 Å². The molecule has 0 fully saturated rings. The molecule has 0 unspecified atom stereocenters. The first kappa shape index (κ1) is 9.09. The molecule has 0 amide bonds. The summed E-state index contributed by atoms with van der Waals surface area (Å²) in [6.07, 6.45) is 0. The van der Waals surface area contributed by atoms with Crippen LogP contribution in [0.15, 0.2) is 41.1 Å². The fraction of sp³-hybridized carbons (Fsp3) is 0.0909. The first-order valence-corrected chi connectivity index (χ1v) is 5.29. The molecule has 0 saturated carbocycles. The Hall–Kier alpha value is -1.48. The summed E-state index contributed by atoms with van der Waals surface area (Å²) >= 11 is 1.60. The van der Waals surface area contributed by atoms with Crippen molar-refractivity contribution in [2.45, 2.75) is 6.61 Å². The highest BCUT2D eigenvalue weighted by Gasteiger charge is 2.00. The lowest BCUT2D eigenvalue weighted by Crippen LogP contribution is -1.96. The molecule has 14 heavy (non-hydrogen) atoms. The van der Waals surface area contributed by atoms with E-state index in [9.17, 15) is 0 Å². The van der Waals surface area contributed by atoms with Gasteiger partial charge in [0.05, 0.1) is 0 Å². The van der Waals surface area contributed by atoms with E-state index in [-0.39, 0.29) is 0 Å². The largest absolute Gasteiger partial charge is 0.489 e. The third-order valence-electron chi connectivity index (χ3n) is 1.91. The van der Waals surface area contributed by atoms with Gasteiger partial charge in [0.25, 0.3) is 0 Å². The van der Waals surface area contributed by atoms with Gasteiger partial charge in [0, 0.05) is 16.6 Å². The molecule has 0 spiro atoms. The number of nitrogen functional groups attached to an aromatic ring is 1. The van der Waals surface area contributed by atoms with Gasteiger partial charge in [-0.3, -0.25) is 0 Å². The Morgan fingerprint density at radius 3 is 2.57 bits per heavy atom. The summed E-state index contributed by atoms with van der Waals surface area (Å²) in [5.74, 6) is 0.873. The lowest BCUT2D eigenvalue weighted by atomic mass is 10.3. The first-order valence-electron chi connectivity index (χ1n) is 4.34. The summed E-state index contributed by atoms with van der Waals surface area (Å²) in [4.78, 5) is 0. The molecule has 0 aliphatic heterocycles. The molecule has 1 heterocycles. The number of hydrogen-bond acceptors (Lipinski definition) is 3. The molecule has 0 atom stereocenters. The third kappa shape index (κ3) is 2.06. The molecule has 1 aromatic heterocycles. The van der Waals surface area contributed by atoms with Crippen LogP contribution in [0.2, 0.25) is 0 Å². The van der Waals surface area contributed by atoms with Crippen LogP contribution in [0.5, 0.6) is 5.75 Å². The maximum atomic E-state index is 5.74. The van der Waals surface area contributed by atoms with Gasteiger partial charge in [-0.25, -0.2) is 0 Å². The minimum Gasteiger partial charge on any atom is -0.489 e. The van der Waals surface area contributed by atoms with Gasteiger partial charge in [0.2, 0.25) is 0 Å². The number of para-hydroxylation sites is 1. The molecule has 0 aliphatic carbocycles. The highest BCUT2D eigenvalue weighted by atomic mass is 32.1. The van der Waals surface area contributed by atoms with Gasteiger partial charge < -0.3 is 10.5 Å². The number of thiophene rings is 1. The summed E-state index contributed by atoms with van der Waals surface area (Å²) in [5, 5.41) is 3.93. The van der Waals surface area contributed by atoms with Crippen LogP contribution in [-0.4, -0.2) is 0 Å². The summed E-state index contributed by atoms with van der Waals surface area (Å²) < 4.78 is 5.56. The van der Waals surface area contributed by atoms with Gasteiger partial charge in [-0.15, -0.1) is 11.3 Å². The minimum atomic E-state index is 0.541. The molecule has 2 N–H and O–H groups in total. The SMILES string of the molecule is Nc1cscc1COc1ccccc1. The Bertz CT molecular complexity index is 397. The second-order valence-corrected chi connectivity index (χ2v) is 3.70. The van der Waals surface area contributed by atoms with Crippen molar-refractivity contribution in [1.82, 2.24) is 0 Å². The van der Waals surface area contributed by atoms with Crippen LogP contribution in [0, 0.1) is 0 Å². The third-order valence-corrected chi connectivity index (χ3v) is 2.72. The van der Waals surface area contributed by atoms with Crippen molar-refractivity contribution in [2.24, 2.45) is 0 Å². The number of anilines is 1. The zero-order chi connectivity index (χ0) is 9.80. The molecule has 2 nitrogen and oxygen atoms in total. The first-order chi connectivity index (χ1) is 6.86. The van der Waals surface area contributed by atoms with E-state index in [0.29, 0.717) is 6.61 Å². The van der Waals surface area contributed by atoms with Gasteiger partial charge >= 0.3 is 0 Å². The molecule has 2 aromatic rings. The molecule has 0 aliphatic rings. The number of nitrogens with two attached hydrogens (primary N) is 1. The van der Waals surface area contributed by atoms with Gasteiger partial charge in [-0.2, -0.15) is 0 Å². The van der Waals surface area contributed by atoms with Crippen LogP contribution >= 0.6 is 11.3 Å². The molecular weight excluding hydrogens is 194 g/mol. The average Bonchev–Trinajstić information content (AvgIpc) is 2.63. The molecule has 0 bridgehead atoms. The van der Waals surface area contributed by atoms with Crippen LogP contribution in [0.4, 0.5) is 5.69 Å². The molecule has 0 saturated heterocycles. The van der Waals surface area contributed by atoms with Crippen molar-refractivity contribution in [3.63, 3.8) is 0 Å². The standard InChI is InChI=1S/C11H11NOS/c12-11-8-14-7-9(11)6-13-10-4-2-1-3-5-10/h1-5,7-8H,6,12H2. The summed E-state index contributed by atoms with van der Waals surface area (Å²) in [5.41, 5.74) is 7.60. The summed E-state index contributed by atoms with van der Waals surface area (Å²) in [6, 6.07) is 9.73. The Morgan fingerprint density at radius 1 is 1.14 bits per heavy atom. The van der Waals surface area contributed by atoms with E-state index in [1.807, 2.05) is 41.1 Å². The van der Waals surface area contributed by atoms with Crippen molar-refractivity contribution < 1.29 is 4.74 Å². The monoisotopic (exact) mass is 205 g/mol. The van der Waals surface area contributed by atoms with Crippen molar-refractivity contribution in [3.05, 3.63) is 46.7 Å². The number of ether oxygens (including phenoxy) is 1. The average molecular weight is 205 g/mol. The van der Waals surface area contributed by atoms with E-state index in [1.54, 1.807) is 11.3 Å². The van der Waals surface area contributed by atoms with Crippen LogP contribution in [0.1, 0.15) is 5.56 Å². The summed E-state index contributed by atoms with van der Waals surface area (Å²) in [7, 11) is 0. The fourth-order valence-electron chi connectivity index (χ4n) is 1.13. The topological polar surface area (TPSA) is 35.2 Å². The van der Waals surface area contributed by atoms with Gasteiger partial charge in [-0.05, 0) is 17.5 Å². The van der Waals surface area contributed by atoms with Crippen molar-refractivity contribution in [2.75, 3.05) is 5.73 Å². The van der Waals surface area contributed by atoms with Crippen molar-refractivity contribution in [3.8, 4) is 5.75 Å². The predicted octanol–water partition coefficient (Wildman–Crippen LogP) is 2.91. The van der Waals surface area contributed by atoms with Crippen LogP contribution in [0.25, 0.3) is 0 Å². The smallest absolute Gasteiger partial charge is 0.119 e. The highest BCUT2D eigenvalue weighted by molar-refractivity contribution is 7.08. The molecule has 3 heteroatoms. The highest BCUT2D eigenvalue weighted by Crippen LogP contribution is 2.19. The van der Waals surface area contributed by atoms with E-state index in [4.69, 9.17) is 10.5 Å². The molecule has 1 aromatic carbocycles. The molecular formula is C11H11NOS. The quantitative estimate of drug-likeness (QED) is 0.836. The molecule has 0 radical (unpaired) electrons. The molecule has 72 valence electrons. The lowest BCUT2D eigenvalue weighted by Gasteiger charge is -2.04. The van der Waals surface area contributed by atoms with Gasteiger partial charge in [-0.1, -0.05) is 18.2 Å². The Balaban J connectivity index is 1.99. The minimum absolute atomic E-state index is 0.541. The second kappa shape index (κ2) is 4.15. The van der Waals surface area contributed by atoms with Crippen LogP contribution in [0.3, 0.4) is 0 Å². The number of rotatable bonds is 3. The van der Waals surface area contributed by atoms with E-state index in [0.717, 1.165) is 17.0 Å². The summed E-state index contributed by atoms with van der Waals surface area (Å²) in [6.45, 7) is 0.541.